The summed E-state index contributed by atoms with van der Waals surface area (Å²) in [6, 6.07) is -1.03. The van der Waals surface area contributed by atoms with Crippen molar-refractivity contribution in [3.8, 4) is 0 Å². The number of quaternary nitrogens is 1. The minimum atomic E-state index is -1.52. The van der Waals surface area contributed by atoms with Crippen molar-refractivity contribution < 1.29 is 38.7 Å². The molecule has 36 heavy (non-hydrogen) atoms. The van der Waals surface area contributed by atoms with Crippen LogP contribution in [0.3, 0.4) is 0 Å². The van der Waals surface area contributed by atoms with Crippen LogP contribution in [0.5, 0.6) is 0 Å². The van der Waals surface area contributed by atoms with Crippen LogP contribution < -0.4 is 16.2 Å². The van der Waals surface area contributed by atoms with E-state index in [1.165, 1.54) is 17.1 Å². The number of carbonyl (C=O) groups is 4. The molecule has 1 aromatic heterocycles. The van der Waals surface area contributed by atoms with Crippen molar-refractivity contribution in [2.75, 3.05) is 39.2 Å². The van der Waals surface area contributed by atoms with E-state index in [4.69, 9.17) is 10.6 Å². The highest BCUT2D eigenvalue weighted by Gasteiger charge is 2.54. The summed E-state index contributed by atoms with van der Waals surface area (Å²) in [7, 11) is 5.72. The number of likely N-dealkylation sites (N-methyl/N-ethyl adjacent to an activating group) is 1. The number of amides is 2. The Kier molecular flexibility index (Phi) is 6.74. The molecule has 2 atom stereocenters. The highest BCUT2D eigenvalue weighted by atomic mass is 32.2. The minimum Gasteiger partial charge on any atom is -0.543 e. The topological polar surface area (TPSA) is 187 Å². The zero-order chi connectivity index (χ0) is 26.4. The van der Waals surface area contributed by atoms with Crippen LogP contribution in [-0.4, -0.2) is 99.4 Å². The van der Waals surface area contributed by atoms with E-state index >= 15 is 0 Å². The standard InChI is InChI=1S/C21H26N6O7S2/c1-27(2,3)7-10-8-35-17-13(16(29)26(17)14(10)18(30)31)24-15(28)12(11-9-36-20(22)23-11)25-34-21(19(32)33)5-4-6-21/h9,13,17H,4-8H2,1-3H3,(H4-,22,23,24,28,30,31,32,33)/b25-12-/t13-,17-/m1/s1. The van der Waals surface area contributed by atoms with Crippen LogP contribution in [0.25, 0.3) is 0 Å². The fourth-order valence-electron chi connectivity index (χ4n) is 4.15. The maximum Gasteiger partial charge on any atom is 0.350 e. The summed E-state index contributed by atoms with van der Waals surface area (Å²) in [5.41, 5.74) is 4.31. The normalized spacial score (nSPS) is 23.4. The highest BCUT2D eigenvalue weighted by molar-refractivity contribution is 8.00. The van der Waals surface area contributed by atoms with E-state index in [9.17, 15) is 29.4 Å². The quantitative estimate of drug-likeness (QED) is 0.145. The van der Waals surface area contributed by atoms with E-state index in [1.54, 1.807) is 0 Å². The van der Waals surface area contributed by atoms with Crippen LogP contribution in [0, 0.1) is 0 Å². The van der Waals surface area contributed by atoms with E-state index < -0.39 is 40.8 Å². The van der Waals surface area contributed by atoms with Crippen LogP contribution in [-0.2, 0) is 24.0 Å². The van der Waals surface area contributed by atoms with Gasteiger partial charge in [0.1, 0.15) is 23.7 Å². The van der Waals surface area contributed by atoms with Crippen molar-refractivity contribution in [1.29, 1.82) is 0 Å². The van der Waals surface area contributed by atoms with Crippen LogP contribution in [0.2, 0.25) is 0 Å². The first-order valence-electron chi connectivity index (χ1n) is 11.0. The number of thioether (sulfide) groups is 1. The number of nitrogen functional groups attached to an aromatic ring is 1. The number of aromatic nitrogens is 1. The van der Waals surface area contributed by atoms with Crippen molar-refractivity contribution in [2.24, 2.45) is 5.16 Å². The predicted octanol–water partition coefficient (Wildman–Crippen LogP) is -1.44. The summed E-state index contributed by atoms with van der Waals surface area (Å²) >= 11 is 2.38. The first kappa shape index (κ1) is 25.9. The van der Waals surface area contributed by atoms with Gasteiger partial charge in [0.05, 0.1) is 32.8 Å². The number of hydrogen-bond acceptors (Lipinski definition) is 11. The molecule has 0 aromatic carbocycles. The molecule has 4 rings (SSSR count). The summed E-state index contributed by atoms with van der Waals surface area (Å²) in [5, 5.41) is 28.8. The smallest absolute Gasteiger partial charge is 0.350 e. The largest absolute Gasteiger partial charge is 0.543 e. The molecule has 2 fully saturated rings. The Bertz CT molecular complexity index is 1180. The number of anilines is 1. The fourth-order valence-corrected chi connectivity index (χ4v) is 6.03. The average Bonchev–Trinajstić information content (AvgIpc) is 3.17. The molecule has 0 spiro atoms. The zero-order valence-corrected chi connectivity index (χ0v) is 21.5. The molecule has 15 heteroatoms. The molecule has 1 saturated carbocycles. The molecule has 2 aliphatic heterocycles. The molecule has 0 radical (unpaired) electrons. The fraction of sp³-hybridized carbons (Fsp3) is 0.524. The van der Waals surface area contributed by atoms with Crippen molar-refractivity contribution >= 4 is 57.7 Å². The van der Waals surface area contributed by atoms with Gasteiger partial charge in [0.25, 0.3) is 11.8 Å². The molecular formula is C21H26N6O7S2. The van der Waals surface area contributed by atoms with Crippen LogP contribution in [0.1, 0.15) is 25.0 Å². The summed E-state index contributed by atoms with van der Waals surface area (Å²) in [6.07, 6.45) is 1.12. The molecule has 2 amide bonds. The lowest BCUT2D eigenvalue weighted by Gasteiger charge is -2.51. The molecule has 1 aliphatic carbocycles. The summed E-state index contributed by atoms with van der Waals surface area (Å²) in [5.74, 6) is -3.71. The number of β-lactam (4-membered cyclic amide) rings is 1. The number of nitrogens with one attached hydrogen (secondary N) is 1. The number of nitrogens with two attached hydrogens (primary N) is 1. The second kappa shape index (κ2) is 9.37. The van der Waals surface area contributed by atoms with Gasteiger partial charge in [0.2, 0.25) is 5.60 Å². The van der Waals surface area contributed by atoms with Gasteiger partial charge >= 0.3 is 5.97 Å². The number of carbonyl (C=O) groups excluding carboxylic acids is 3. The average molecular weight is 539 g/mol. The van der Waals surface area contributed by atoms with Gasteiger partial charge < -0.3 is 35.4 Å². The van der Waals surface area contributed by atoms with E-state index in [-0.39, 0.29) is 35.1 Å². The summed E-state index contributed by atoms with van der Waals surface area (Å²) in [6.45, 7) is 0.411. The lowest BCUT2D eigenvalue weighted by atomic mass is 9.80. The van der Waals surface area contributed by atoms with E-state index in [0.717, 1.165) is 16.2 Å². The second-order valence-electron chi connectivity index (χ2n) is 9.80. The van der Waals surface area contributed by atoms with Crippen LogP contribution in [0.15, 0.2) is 21.8 Å². The number of oxime groups is 1. The number of hydrogen-bond donors (Lipinski definition) is 3. The lowest BCUT2D eigenvalue weighted by Crippen LogP contribution is -2.71. The van der Waals surface area contributed by atoms with Gasteiger partial charge in [-0.2, -0.15) is 0 Å². The Morgan fingerprint density at radius 2 is 2.08 bits per heavy atom. The van der Waals surface area contributed by atoms with Crippen LogP contribution >= 0.6 is 23.1 Å². The molecular weight excluding hydrogens is 512 g/mol. The summed E-state index contributed by atoms with van der Waals surface area (Å²) in [4.78, 5) is 60.1. The van der Waals surface area contributed by atoms with Gasteiger partial charge in [0.15, 0.2) is 10.8 Å². The van der Waals surface area contributed by atoms with Gasteiger partial charge in [-0.3, -0.25) is 14.5 Å². The number of carboxylic acid groups (broad SMARTS) is 2. The molecule has 3 aliphatic rings. The number of carboxylic acids is 2. The zero-order valence-electron chi connectivity index (χ0n) is 19.8. The van der Waals surface area contributed by atoms with E-state index in [1.807, 2.05) is 21.1 Å². The Morgan fingerprint density at radius 1 is 1.39 bits per heavy atom. The molecule has 1 saturated heterocycles. The third-order valence-electron chi connectivity index (χ3n) is 6.03. The Labute approximate surface area is 214 Å². The van der Waals surface area contributed by atoms with Crippen molar-refractivity contribution in [2.45, 2.75) is 36.3 Å². The minimum absolute atomic E-state index is 0.0651. The Hall–Kier alpha value is -3.17. The van der Waals surface area contributed by atoms with Gasteiger partial charge in [0, 0.05) is 29.5 Å². The first-order valence-corrected chi connectivity index (χ1v) is 13.0. The van der Waals surface area contributed by atoms with E-state index in [2.05, 4.69) is 15.5 Å². The molecule has 4 N–H and O–H groups in total. The maximum absolute atomic E-state index is 13.2. The molecule has 194 valence electrons. The van der Waals surface area contributed by atoms with Gasteiger partial charge in [-0.25, -0.2) is 9.78 Å². The SMILES string of the molecule is C[N+](C)(C)CC1=C(C(=O)[O-])N2C(=O)[C@@H](NC(=O)/C(=N\OC3(C(=O)O)CCC3)c3csc(N)n3)[C@H]2SC1. The maximum atomic E-state index is 13.2. The molecule has 13 nitrogen and oxygen atoms in total. The first-order chi connectivity index (χ1) is 16.8. The van der Waals surface area contributed by atoms with Crippen LogP contribution in [0.4, 0.5) is 5.13 Å². The van der Waals surface area contributed by atoms with Gasteiger partial charge in [-0.1, -0.05) is 5.16 Å². The molecule has 0 bridgehead atoms. The second-order valence-corrected chi connectivity index (χ2v) is 11.8. The Balaban J connectivity index is 1.55. The van der Waals surface area contributed by atoms with Gasteiger partial charge in [-0.15, -0.1) is 23.1 Å². The predicted molar refractivity (Wildman–Crippen MR) is 128 cm³/mol. The van der Waals surface area contributed by atoms with Gasteiger partial charge in [-0.05, 0) is 6.42 Å². The van der Waals surface area contributed by atoms with Crippen molar-refractivity contribution in [3.63, 3.8) is 0 Å². The molecule has 3 heterocycles. The lowest BCUT2D eigenvalue weighted by molar-refractivity contribution is -0.865. The number of thiazole rings is 1. The third-order valence-corrected chi connectivity index (χ3v) is 8.05. The molecule has 0 unspecified atom stereocenters. The van der Waals surface area contributed by atoms with E-state index in [0.29, 0.717) is 28.8 Å². The number of fused-ring (bicyclic) bond motifs is 1. The monoisotopic (exact) mass is 538 g/mol. The number of nitrogens with zero attached hydrogens (tertiary/aromatic N) is 4. The van der Waals surface area contributed by atoms with Crippen molar-refractivity contribution in [3.05, 3.63) is 22.3 Å². The Morgan fingerprint density at radius 3 is 2.58 bits per heavy atom. The number of aliphatic carboxylic acids is 2. The summed E-state index contributed by atoms with van der Waals surface area (Å²) < 4.78 is 0.466. The number of rotatable bonds is 9. The molecule has 1 aromatic rings. The van der Waals surface area contributed by atoms with Crippen molar-refractivity contribution in [1.82, 2.24) is 15.2 Å². The third kappa shape index (κ3) is 4.77. The highest BCUT2D eigenvalue weighted by Crippen LogP contribution is 2.40.